The van der Waals surface area contributed by atoms with E-state index in [-0.39, 0.29) is 5.56 Å². The van der Waals surface area contributed by atoms with Crippen LogP contribution in [0.3, 0.4) is 0 Å². The lowest BCUT2D eigenvalue weighted by molar-refractivity contribution is 0.0696. The van der Waals surface area contributed by atoms with Gasteiger partial charge in [-0.05, 0) is 43.3 Å². The standard InChI is InChI=1S/C15H12FNO3/c1-9-12(16)3-2-4-13(9)17-14(18)10-5-7-11(8-6-10)15(19)20/h2-8H,1H3,(H,17,18)(H,19,20). The van der Waals surface area contributed by atoms with Gasteiger partial charge in [0.25, 0.3) is 5.91 Å². The van der Waals surface area contributed by atoms with E-state index in [1.165, 1.54) is 36.4 Å². The molecule has 0 unspecified atom stereocenters. The summed E-state index contributed by atoms with van der Waals surface area (Å²) < 4.78 is 13.4. The molecule has 0 aliphatic carbocycles. The van der Waals surface area contributed by atoms with Crippen molar-refractivity contribution in [2.24, 2.45) is 0 Å². The molecule has 0 heterocycles. The summed E-state index contributed by atoms with van der Waals surface area (Å²) in [5.41, 5.74) is 1.14. The summed E-state index contributed by atoms with van der Waals surface area (Å²) in [6.07, 6.45) is 0. The van der Waals surface area contributed by atoms with Crippen molar-refractivity contribution >= 4 is 17.6 Å². The molecule has 2 N–H and O–H groups in total. The summed E-state index contributed by atoms with van der Waals surface area (Å²) in [5, 5.41) is 11.4. The topological polar surface area (TPSA) is 66.4 Å². The van der Waals surface area contributed by atoms with Crippen LogP contribution in [0.25, 0.3) is 0 Å². The number of hydrogen-bond donors (Lipinski definition) is 2. The number of halogens is 1. The fraction of sp³-hybridized carbons (Fsp3) is 0.0667. The van der Waals surface area contributed by atoms with Gasteiger partial charge in [0.15, 0.2) is 0 Å². The van der Waals surface area contributed by atoms with Gasteiger partial charge in [0.05, 0.1) is 5.56 Å². The Balaban J connectivity index is 2.20. The van der Waals surface area contributed by atoms with Gasteiger partial charge in [-0.15, -0.1) is 0 Å². The maximum Gasteiger partial charge on any atom is 0.335 e. The van der Waals surface area contributed by atoms with Crippen molar-refractivity contribution in [3.63, 3.8) is 0 Å². The van der Waals surface area contributed by atoms with Gasteiger partial charge in [0.1, 0.15) is 5.82 Å². The number of amides is 1. The first-order chi connectivity index (χ1) is 9.49. The number of carbonyl (C=O) groups excluding carboxylic acids is 1. The highest BCUT2D eigenvalue weighted by molar-refractivity contribution is 6.05. The van der Waals surface area contributed by atoms with Gasteiger partial charge < -0.3 is 10.4 Å². The highest BCUT2D eigenvalue weighted by atomic mass is 19.1. The molecule has 4 nitrogen and oxygen atoms in total. The number of rotatable bonds is 3. The Morgan fingerprint density at radius 1 is 1.05 bits per heavy atom. The fourth-order valence-corrected chi connectivity index (χ4v) is 1.70. The van der Waals surface area contributed by atoms with E-state index in [4.69, 9.17) is 5.11 Å². The normalized spacial score (nSPS) is 10.1. The SMILES string of the molecule is Cc1c(F)cccc1NC(=O)c1ccc(C(=O)O)cc1. The number of carboxylic acids is 1. The molecule has 0 saturated carbocycles. The molecule has 20 heavy (non-hydrogen) atoms. The molecule has 0 spiro atoms. The van der Waals surface area contributed by atoms with Crippen LogP contribution >= 0.6 is 0 Å². The first kappa shape index (κ1) is 13.7. The van der Waals surface area contributed by atoms with Crippen molar-refractivity contribution in [1.82, 2.24) is 0 Å². The predicted molar refractivity (Wildman–Crippen MR) is 72.5 cm³/mol. The van der Waals surface area contributed by atoms with E-state index in [9.17, 15) is 14.0 Å². The molecule has 0 aliphatic heterocycles. The van der Waals surface area contributed by atoms with E-state index >= 15 is 0 Å². The molecular weight excluding hydrogens is 261 g/mol. The molecule has 2 aromatic rings. The summed E-state index contributed by atoms with van der Waals surface area (Å²) in [7, 11) is 0. The highest BCUT2D eigenvalue weighted by Gasteiger charge is 2.10. The Kier molecular flexibility index (Phi) is 3.79. The van der Waals surface area contributed by atoms with Crippen molar-refractivity contribution in [3.05, 3.63) is 65.0 Å². The molecule has 0 atom stereocenters. The van der Waals surface area contributed by atoms with E-state index in [1.54, 1.807) is 13.0 Å². The predicted octanol–water partition coefficient (Wildman–Crippen LogP) is 3.08. The molecule has 2 aromatic carbocycles. The van der Waals surface area contributed by atoms with E-state index in [2.05, 4.69) is 5.32 Å². The van der Waals surface area contributed by atoms with Crippen LogP contribution in [-0.4, -0.2) is 17.0 Å². The van der Waals surface area contributed by atoms with Crippen LogP contribution in [0, 0.1) is 12.7 Å². The first-order valence-corrected chi connectivity index (χ1v) is 5.89. The Hall–Kier alpha value is -2.69. The quantitative estimate of drug-likeness (QED) is 0.903. The third-order valence-electron chi connectivity index (χ3n) is 2.91. The van der Waals surface area contributed by atoms with Gasteiger partial charge >= 0.3 is 5.97 Å². The second kappa shape index (κ2) is 5.52. The second-order valence-electron chi connectivity index (χ2n) is 4.25. The third-order valence-corrected chi connectivity index (χ3v) is 2.91. The zero-order chi connectivity index (χ0) is 14.7. The smallest absolute Gasteiger partial charge is 0.335 e. The largest absolute Gasteiger partial charge is 0.478 e. The summed E-state index contributed by atoms with van der Waals surface area (Å²) >= 11 is 0. The molecule has 1 amide bonds. The Morgan fingerprint density at radius 2 is 1.65 bits per heavy atom. The van der Waals surface area contributed by atoms with Crippen molar-refractivity contribution < 1.29 is 19.1 Å². The van der Waals surface area contributed by atoms with Crippen molar-refractivity contribution in [1.29, 1.82) is 0 Å². The number of aromatic carboxylic acids is 1. The van der Waals surface area contributed by atoms with Gasteiger partial charge in [0, 0.05) is 16.8 Å². The minimum Gasteiger partial charge on any atom is -0.478 e. The van der Waals surface area contributed by atoms with Crippen LogP contribution in [-0.2, 0) is 0 Å². The number of carbonyl (C=O) groups is 2. The molecule has 2 rings (SSSR count). The minimum absolute atomic E-state index is 0.100. The second-order valence-corrected chi connectivity index (χ2v) is 4.25. The van der Waals surface area contributed by atoms with E-state index in [1.807, 2.05) is 0 Å². The molecule has 102 valence electrons. The van der Waals surface area contributed by atoms with Crippen LogP contribution < -0.4 is 5.32 Å². The fourth-order valence-electron chi connectivity index (χ4n) is 1.70. The van der Waals surface area contributed by atoms with Crippen LogP contribution in [0.4, 0.5) is 10.1 Å². The number of hydrogen-bond acceptors (Lipinski definition) is 2. The Bertz CT molecular complexity index is 665. The molecule has 0 aromatic heterocycles. The summed E-state index contributed by atoms with van der Waals surface area (Å²) in [4.78, 5) is 22.7. The van der Waals surface area contributed by atoms with Crippen LogP contribution in [0.1, 0.15) is 26.3 Å². The molecular formula is C15H12FNO3. The molecule has 0 bridgehead atoms. The van der Waals surface area contributed by atoms with Crippen molar-refractivity contribution in [3.8, 4) is 0 Å². The van der Waals surface area contributed by atoms with Gasteiger partial charge in [-0.3, -0.25) is 4.79 Å². The van der Waals surface area contributed by atoms with Gasteiger partial charge in [-0.1, -0.05) is 6.07 Å². The maximum atomic E-state index is 13.4. The van der Waals surface area contributed by atoms with E-state index < -0.39 is 17.7 Å². The van der Waals surface area contributed by atoms with Crippen molar-refractivity contribution in [2.75, 3.05) is 5.32 Å². The summed E-state index contributed by atoms with van der Waals surface area (Å²) in [6.45, 7) is 1.57. The number of nitrogens with one attached hydrogen (secondary N) is 1. The average Bonchev–Trinajstić information content (AvgIpc) is 2.44. The minimum atomic E-state index is -1.06. The zero-order valence-electron chi connectivity index (χ0n) is 10.7. The highest BCUT2D eigenvalue weighted by Crippen LogP contribution is 2.18. The van der Waals surface area contributed by atoms with Crippen LogP contribution in [0.2, 0.25) is 0 Å². The Labute approximate surface area is 114 Å². The lowest BCUT2D eigenvalue weighted by Crippen LogP contribution is -2.13. The molecule has 0 saturated heterocycles. The number of anilines is 1. The lowest BCUT2D eigenvalue weighted by Gasteiger charge is -2.09. The van der Waals surface area contributed by atoms with Crippen LogP contribution in [0.5, 0.6) is 0 Å². The van der Waals surface area contributed by atoms with E-state index in [0.717, 1.165) is 0 Å². The van der Waals surface area contributed by atoms with Crippen molar-refractivity contribution in [2.45, 2.75) is 6.92 Å². The zero-order valence-corrected chi connectivity index (χ0v) is 10.7. The molecule has 0 aliphatic rings. The van der Waals surface area contributed by atoms with Crippen LogP contribution in [0.15, 0.2) is 42.5 Å². The molecule has 0 fully saturated rings. The van der Waals surface area contributed by atoms with Gasteiger partial charge in [-0.2, -0.15) is 0 Å². The average molecular weight is 273 g/mol. The Morgan fingerprint density at radius 3 is 2.25 bits per heavy atom. The monoisotopic (exact) mass is 273 g/mol. The first-order valence-electron chi connectivity index (χ1n) is 5.89. The molecule has 5 heteroatoms. The number of benzene rings is 2. The van der Waals surface area contributed by atoms with Gasteiger partial charge in [0.2, 0.25) is 0 Å². The van der Waals surface area contributed by atoms with E-state index in [0.29, 0.717) is 16.8 Å². The summed E-state index contributed by atoms with van der Waals surface area (Å²) in [6, 6.07) is 9.92. The third kappa shape index (κ3) is 2.83. The molecule has 0 radical (unpaired) electrons. The number of carboxylic acid groups (broad SMARTS) is 1. The van der Waals surface area contributed by atoms with Gasteiger partial charge in [-0.25, -0.2) is 9.18 Å². The maximum absolute atomic E-state index is 13.4. The summed E-state index contributed by atoms with van der Waals surface area (Å²) in [5.74, 6) is -1.88. The lowest BCUT2D eigenvalue weighted by atomic mass is 10.1.